The highest BCUT2D eigenvalue weighted by atomic mass is 35.5. The molecule has 20 heavy (non-hydrogen) atoms. The second-order valence-electron chi connectivity index (χ2n) is 4.37. The molecule has 0 bridgehead atoms. The summed E-state index contributed by atoms with van der Waals surface area (Å²) < 4.78 is 10.8. The highest BCUT2D eigenvalue weighted by Gasteiger charge is 2.20. The maximum atomic E-state index is 12.2. The van der Waals surface area contributed by atoms with Gasteiger partial charge in [-0.1, -0.05) is 41.9 Å². The van der Waals surface area contributed by atoms with Gasteiger partial charge >= 0.3 is 5.97 Å². The van der Waals surface area contributed by atoms with Crippen LogP contribution in [0.4, 0.5) is 0 Å². The monoisotopic (exact) mass is 286 g/mol. The minimum Gasteiger partial charge on any atom is -0.449 e. The molecule has 1 aromatic heterocycles. The molecule has 1 heterocycles. The second-order valence-corrected chi connectivity index (χ2v) is 4.78. The van der Waals surface area contributed by atoms with Crippen molar-refractivity contribution in [3.63, 3.8) is 0 Å². The van der Waals surface area contributed by atoms with E-state index in [-0.39, 0.29) is 5.76 Å². The van der Waals surface area contributed by atoms with E-state index in [0.29, 0.717) is 16.4 Å². The lowest BCUT2D eigenvalue weighted by molar-refractivity contribution is 0.0703. The number of carbonyl (C=O) groups excluding carboxylic acids is 1. The van der Waals surface area contributed by atoms with Crippen LogP contribution in [0.2, 0.25) is 5.02 Å². The number of esters is 1. The molecule has 0 radical (unpaired) electrons. The van der Waals surface area contributed by atoms with Crippen molar-refractivity contribution >= 4 is 28.5 Å². The molecule has 3 nitrogen and oxygen atoms in total. The molecule has 0 saturated heterocycles. The normalized spacial score (nSPS) is 10.7. The summed E-state index contributed by atoms with van der Waals surface area (Å²) in [6, 6.07) is 14.3. The van der Waals surface area contributed by atoms with E-state index in [9.17, 15) is 4.79 Å². The van der Waals surface area contributed by atoms with E-state index >= 15 is 0 Å². The first-order chi connectivity index (χ1) is 9.66. The van der Waals surface area contributed by atoms with Gasteiger partial charge < -0.3 is 9.15 Å². The Kier molecular flexibility index (Phi) is 3.20. The molecule has 2 aromatic carbocycles. The van der Waals surface area contributed by atoms with E-state index in [1.807, 2.05) is 31.2 Å². The largest absolute Gasteiger partial charge is 0.449 e. The van der Waals surface area contributed by atoms with Gasteiger partial charge in [0.05, 0.1) is 5.02 Å². The summed E-state index contributed by atoms with van der Waals surface area (Å²) in [6.45, 7) is 1.83. The summed E-state index contributed by atoms with van der Waals surface area (Å²) >= 11 is 5.97. The van der Waals surface area contributed by atoms with E-state index in [2.05, 4.69) is 0 Å². The van der Waals surface area contributed by atoms with Crippen LogP contribution >= 0.6 is 11.6 Å². The SMILES string of the molecule is Cc1c(C(=O)Oc2ccccc2Cl)oc2ccccc12. The molecule has 0 aliphatic carbocycles. The van der Waals surface area contributed by atoms with Crippen LogP contribution in [0.5, 0.6) is 5.75 Å². The number of furan rings is 1. The molecule has 100 valence electrons. The van der Waals surface area contributed by atoms with Crippen LogP contribution in [0.25, 0.3) is 11.0 Å². The van der Waals surface area contributed by atoms with Gasteiger partial charge in [-0.3, -0.25) is 0 Å². The molecule has 4 heteroatoms. The number of halogens is 1. The fraction of sp³-hybridized carbons (Fsp3) is 0.0625. The number of hydrogen-bond donors (Lipinski definition) is 0. The van der Waals surface area contributed by atoms with Crippen LogP contribution in [-0.4, -0.2) is 5.97 Å². The summed E-state index contributed by atoms with van der Waals surface area (Å²) in [5, 5.41) is 1.29. The van der Waals surface area contributed by atoms with Crippen molar-refractivity contribution in [2.45, 2.75) is 6.92 Å². The molecular formula is C16H11ClO3. The number of hydrogen-bond acceptors (Lipinski definition) is 3. The number of rotatable bonds is 2. The number of ether oxygens (including phenoxy) is 1. The molecule has 0 amide bonds. The number of fused-ring (bicyclic) bond motifs is 1. The van der Waals surface area contributed by atoms with Gasteiger partial charge in [-0.15, -0.1) is 0 Å². The van der Waals surface area contributed by atoms with E-state index in [1.54, 1.807) is 24.3 Å². The maximum absolute atomic E-state index is 12.2. The van der Waals surface area contributed by atoms with Crippen molar-refractivity contribution in [1.29, 1.82) is 0 Å². The van der Waals surface area contributed by atoms with Crippen LogP contribution < -0.4 is 4.74 Å². The summed E-state index contributed by atoms with van der Waals surface area (Å²) in [5.74, 6) is -0.0306. The maximum Gasteiger partial charge on any atom is 0.379 e. The molecule has 0 saturated carbocycles. The average molecular weight is 287 g/mol. The summed E-state index contributed by atoms with van der Waals surface area (Å²) in [4.78, 5) is 12.2. The Morgan fingerprint density at radius 2 is 1.80 bits per heavy atom. The second kappa shape index (κ2) is 5.02. The Labute approximate surface area is 120 Å². The van der Waals surface area contributed by atoms with Gasteiger partial charge in [-0.2, -0.15) is 0 Å². The van der Waals surface area contributed by atoms with Gasteiger partial charge in [0, 0.05) is 10.9 Å². The number of benzene rings is 2. The molecular weight excluding hydrogens is 276 g/mol. The van der Waals surface area contributed by atoms with Crippen molar-refractivity contribution in [3.05, 3.63) is 64.9 Å². The van der Waals surface area contributed by atoms with Crippen molar-refractivity contribution < 1.29 is 13.9 Å². The molecule has 0 aliphatic rings. The molecule has 0 aliphatic heterocycles. The first kappa shape index (κ1) is 12.8. The standard InChI is InChI=1S/C16H11ClO3/c1-10-11-6-2-4-8-13(11)19-15(10)16(18)20-14-9-5-3-7-12(14)17/h2-9H,1H3. The van der Waals surface area contributed by atoms with Crippen LogP contribution in [0.3, 0.4) is 0 Å². The smallest absolute Gasteiger partial charge is 0.379 e. The molecule has 0 spiro atoms. The van der Waals surface area contributed by atoms with Gasteiger partial charge in [0.1, 0.15) is 11.3 Å². The molecule has 0 N–H and O–H groups in total. The number of carbonyl (C=O) groups is 1. The minimum atomic E-state index is -0.549. The topological polar surface area (TPSA) is 39.4 Å². The van der Waals surface area contributed by atoms with E-state index in [1.165, 1.54) is 0 Å². The third-order valence-electron chi connectivity index (χ3n) is 3.07. The van der Waals surface area contributed by atoms with Gasteiger partial charge in [0.2, 0.25) is 5.76 Å². The first-order valence-corrected chi connectivity index (χ1v) is 6.49. The Balaban J connectivity index is 1.97. The highest BCUT2D eigenvalue weighted by molar-refractivity contribution is 6.32. The molecule has 3 aromatic rings. The summed E-state index contributed by atoms with van der Waals surface area (Å²) in [7, 11) is 0. The lowest BCUT2D eigenvalue weighted by Crippen LogP contribution is -2.08. The van der Waals surface area contributed by atoms with Crippen molar-refractivity contribution in [2.75, 3.05) is 0 Å². The van der Waals surface area contributed by atoms with Gasteiger partial charge in [-0.05, 0) is 25.1 Å². The minimum absolute atomic E-state index is 0.200. The zero-order valence-corrected chi connectivity index (χ0v) is 11.5. The lowest BCUT2D eigenvalue weighted by atomic mass is 10.1. The Morgan fingerprint density at radius 3 is 2.55 bits per heavy atom. The molecule has 0 fully saturated rings. The van der Waals surface area contributed by atoms with Crippen molar-refractivity contribution in [2.24, 2.45) is 0 Å². The van der Waals surface area contributed by atoms with Crippen LogP contribution in [0, 0.1) is 6.92 Å². The first-order valence-electron chi connectivity index (χ1n) is 6.11. The Morgan fingerprint density at radius 1 is 1.10 bits per heavy atom. The Bertz CT molecular complexity index is 789. The predicted octanol–water partition coefficient (Wildman–Crippen LogP) is 4.61. The predicted molar refractivity (Wildman–Crippen MR) is 77.4 cm³/mol. The van der Waals surface area contributed by atoms with E-state index < -0.39 is 5.97 Å². The van der Waals surface area contributed by atoms with Gasteiger partial charge in [-0.25, -0.2) is 4.79 Å². The van der Waals surface area contributed by atoms with E-state index in [0.717, 1.165) is 10.9 Å². The van der Waals surface area contributed by atoms with Crippen molar-refractivity contribution in [3.8, 4) is 5.75 Å². The average Bonchev–Trinajstić information content (AvgIpc) is 2.79. The van der Waals surface area contributed by atoms with Gasteiger partial charge in [0.25, 0.3) is 0 Å². The summed E-state index contributed by atoms with van der Waals surface area (Å²) in [5.41, 5.74) is 1.42. The quantitative estimate of drug-likeness (QED) is 0.510. The fourth-order valence-corrected chi connectivity index (χ4v) is 2.22. The van der Waals surface area contributed by atoms with Crippen LogP contribution in [0.15, 0.2) is 52.9 Å². The summed E-state index contributed by atoms with van der Waals surface area (Å²) in [6.07, 6.45) is 0. The third kappa shape index (κ3) is 2.17. The van der Waals surface area contributed by atoms with Crippen LogP contribution in [0.1, 0.15) is 16.1 Å². The lowest BCUT2D eigenvalue weighted by Gasteiger charge is -2.04. The molecule has 0 unspecified atom stereocenters. The van der Waals surface area contributed by atoms with Crippen LogP contribution in [-0.2, 0) is 0 Å². The zero-order chi connectivity index (χ0) is 14.1. The highest BCUT2D eigenvalue weighted by Crippen LogP contribution is 2.28. The zero-order valence-electron chi connectivity index (χ0n) is 10.7. The molecule has 3 rings (SSSR count). The van der Waals surface area contributed by atoms with Crippen molar-refractivity contribution in [1.82, 2.24) is 0 Å². The molecule has 0 atom stereocenters. The third-order valence-corrected chi connectivity index (χ3v) is 3.38. The number of para-hydroxylation sites is 2. The van der Waals surface area contributed by atoms with E-state index in [4.69, 9.17) is 20.8 Å². The Hall–Kier alpha value is -2.26. The number of aryl methyl sites for hydroxylation is 1. The fourth-order valence-electron chi connectivity index (χ4n) is 2.04. The van der Waals surface area contributed by atoms with Gasteiger partial charge in [0.15, 0.2) is 0 Å².